The third kappa shape index (κ3) is 2.26. The van der Waals surface area contributed by atoms with Crippen LogP contribution in [0.3, 0.4) is 0 Å². The zero-order valence-corrected chi connectivity index (χ0v) is 10.8. The van der Waals surface area contributed by atoms with Crippen LogP contribution in [-0.4, -0.2) is 22.4 Å². The molecule has 1 aromatic carbocycles. The first-order valence-corrected chi connectivity index (χ1v) is 6.26. The van der Waals surface area contributed by atoms with E-state index in [1.165, 1.54) is 12.1 Å². The topological polar surface area (TPSA) is 48.3 Å². The van der Waals surface area contributed by atoms with Crippen molar-refractivity contribution in [2.45, 2.75) is 19.6 Å². The molecule has 1 aliphatic heterocycles. The van der Waals surface area contributed by atoms with Gasteiger partial charge >= 0.3 is 6.29 Å². The zero-order chi connectivity index (χ0) is 14.2. The molecular formula is C13H13F2N3O2. The molecular weight excluding hydrogens is 268 g/mol. The lowest BCUT2D eigenvalue weighted by atomic mass is 10.3. The quantitative estimate of drug-likeness (QED) is 0.936. The number of rotatable bonds is 4. The van der Waals surface area contributed by atoms with Crippen LogP contribution in [-0.2, 0) is 0 Å². The summed E-state index contributed by atoms with van der Waals surface area (Å²) in [6.45, 7) is 2.82. The van der Waals surface area contributed by atoms with Gasteiger partial charge in [0.2, 0.25) is 5.95 Å². The first-order chi connectivity index (χ1) is 9.59. The SMILES string of the molecule is CCCNc1nccn1-c1ccc2c(c1)OC(F)(F)O2. The second-order valence-corrected chi connectivity index (χ2v) is 4.35. The number of ether oxygens (including phenoxy) is 2. The minimum Gasteiger partial charge on any atom is -0.395 e. The van der Waals surface area contributed by atoms with Crippen LogP contribution in [0.4, 0.5) is 14.7 Å². The number of benzene rings is 1. The van der Waals surface area contributed by atoms with E-state index in [-0.39, 0.29) is 11.5 Å². The third-order valence-electron chi connectivity index (χ3n) is 2.84. The number of imidazole rings is 1. The minimum atomic E-state index is -3.60. The molecule has 3 rings (SSSR count). The molecule has 20 heavy (non-hydrogen) atoms. The summed E-state index contributed by atoms with van der Waals surface area (Å²) < 4.78 is 36.5. The van der Waals surface area contributed by atoms with Crippen LogP contribution in [0.25, 0.3) is 5.69 Å². The van der Waals surface area contributed by atoms with Crippen molar-refractivity contribution in [1.82, 2.24) is 9.55 Å². The molecule has 7 heteroatoms. The number of alkyl halides is 2. The van der Waals surface area contributed by atoms with E-state index in [1.54, 1.807) is 23.0 Å². The van der Waals surface area contributed by atoms with Gasteiger partial charge in [-0.25, -0.2) is 4.98 Å². The predicted molar refractivity (Wildman–Crippen MR) is 68.5 cm³/mol. The van der Waals surface area contributed by atoms with Crippen molar-refractivity contribution in [3.8, 4) is 17.2 Å². The summed E-state index contributed by atoms with van der Waals surface area (Å²) in [5, 5.41) is 3.16. The lowest BCUT2D eigenvalue weighted by molar-refractivity contribution is -0.286. The summed E-state index contributed by atoms with van der Waals surface area (Å²) in [5.74, 6) is 0.696. The van der Waals surface area contributed by atoms with Gasteiger partial charge in [-0.3, -0.25) is 4.57 Å². The smallest absolute Gasteiger partial charge is 0.395 e. The van der Waals surface area contributed by atoms with E-state index in [0.717, 1.165) is 13.0 Å². The van der Waals surface area contributed by atoms with Crippen molar-refractivity contribution in [1.29, 1.82) is 0 Å². The highest BCUT2D eigenvalue weighted by molar-refractivity contribution is 5.52. The standard InChI is InChI=1S/C13H13F2N3O2/c1-2-5-16-12-17-6-7-18(12)9-3-4-10-11(8-9)20-13(14,15)19-10/h3-4,6-8H,2,5H2,1H3,(H,16,17). The number of nitrogens with one attached hydrogen (secondary N) is 1. The molecule has 0 bridgehead atoms. The van der Waals surface area contributed by atoms with Crippen LogP contribution in [0.5, 0.6) is 11.5 Å². The third-order valence-corrected chi connectivity index (χ3v) is 2.84. The van der Waals surface area contributed by atoms with Crippen LogP contribution in [0.2, 0.25) is 0 Å². The Morgan fingerprint density at radius 2 is 2.10 bits per heavy atom. The minimum absolute atomic E-state index is 0.0163. The highest BCUT2D eigenvalue weighted by Crippen LogP contribution is 2.42. The number of halogens is 2. The van der Waals surface area contributed by atoms with E-state index in [9.17, 15) is 8.78 Å². The largest absolute Gasteiger partial charge is 0.586 e. The van der Waals surface area contributed by atoms with Gasteiger partial charge in [0.05, 0.1) is 5.69 Å². The van der Waals surface area contributed by atoms with Crippen molar-refractivity contribution in [3.63, 3.8) is 0 Å². The summed E-state index contributed by atoms with van der Waals surface area (Å²) in [5.41, 5.74) is 0.668. The van der Waals surface area contributed by atoms with Crippen molar-refractivity contribution in [3.05, 3.63) is 30.6 Å². The monoisotopic (exact) mass is 281 g/mol. The number of hydrogen-bond donors (Lipinski definition) is 1. The molecule has 0 fully saturated rings. The van der Waals surface area contributed by atoms with E-state index in [2.05, 4.69) is 19.8 Å². The number of aromatic nitrogens is 2. The summed E-state index contributed by atoms with van der Waals surface area (Å²) in [6, 6.07) is 4.62. The van der Waals surface area contributed by atoms with Gasteiger partial charge in [0.1, 0.15) is 0 Å². The summed E-state index contributed by atoms with van der Waals surface area (Å²) in [7, 11) is 0. The molecule has 0 spiro atoms. The molecule has 0 unspecified atom stereocenters. The average Bonchev–Trinajstić information content (AvgIpc) is 2.97. The molecule has 106 valence electrons. The van der Waals surface area contributed by atoms with Crippen molar-refractivity contribution in [2.75, 3.05) is 11.9 Å². The Morgan fingerprint density at radius 1 is 1.30 bits per heavy atom. The van der Waals surface area contributed by atoms with Crippen molar-refractivity contribution in [2.24, 2.45) is 0 Å². The van der Waals surface area contributed by atoms with Crippen LogP contribution >= 0.6 is 0 Å². The molecule has 0 atom stereocenters. The second-order valence-electron chi connectivity index (χ2n) is 4.35. The maximum absolute atomic E-state index is 13.0. The van der Waals surface area contributed by atoms with Gasteiger partial charge in [-0.2, -0.15) is 0 Å². The van der Waals surface area contributed by atoms with Gasteiger partial charge in [0.25, 0.3) is 0 Å². The molecule has 1 N–H and O–H groups in total. The Morgan fingerprint density at radius 3 is 2.90 bits per heavy atom. The maximum Gasteiger partial charge on any atom is 0.586 e. The molecule has 0 saturated carbocycles. The Hall–Kier alpha value is -2.31. The van der Waals surface area contributed by atoms with E-state index >= 15 is 0 Å². The fourth-order valence-corrected chi connectivity index (χ4v) is 1.97. The highest BCUT2D eigenvalue weighted by atomic mass is 19.3. The van der Waals surface area contributed by atoms with Crippen molar-refractivity contribution < 1.29 is 18.3 Å². The molecule has 2 aromatic rings. The molecule has 1 aliphatic rings. The first-order valence-electron chi connectivity index (χ1n) is 6.26. The Labute approximate surface area is 114 Å². The number of nitrogens with zero attached hydrogens (tertiary/aromatic N) is 2. The van der Waals surface area contributed by atoms with E-state index in [0.29, 0.717) is 11.6 Å². The summed E-state index contributed by atoms with van der Waals surface area (Å²) in [4.78, 5) is 4.18. The molecule has 0 aliphatic carbocycles. The molecule has 1 aromatic heterocycles. The van der Waals surface area contributed by atoms with Gasteiger partial charge < -0.3 is 14.8 Å². The molecule has 0 radical (unpaired) electrons. The summed E-state index contributed by atoms with van der Waals surface area (Å²) in [6.07, 6.45) is 0.740. The van der Waals surface area contributed by atoms with Gasteiger partial charge in [-0.05, 0) is 18.6 Å². The second kappa shape index (κ2) is 4.66. The van der Waals surface area contributed by atoms with Gasteiger partial charge in [-0.15, -0.1) is 8.78 Å². The Bertz CT molecular complexity index is 628. The van der Waals surface area contributed by atoms with Crippen LogP contribution < -0.4 is 14.8 Å². The Balaban J connectivity index is 1.91. The first kappa shape index (κ1) is 12.7. The van der Waals surface area contributed by atoms with Gasteiger partial charge in [-0.1, -0.05) is 6.92 Å². The molecule has 2 heterocycles. The molecule has 5 nitrogen and oxygen atoms in total. The van der Waals surface area contributed by atoms with Crippen LogP contribution in [0, 0.1) is 0 Å². The van der Waals surface area contributed by atoms with Gasteiger partial charge in [0, 0.05) is 25.0 Å². The maximum atomic E-state index is 13.0. The molecule has 0 saturated heterocycles. The van der Waals surface area contributed by atoms with Crippen molar-refractivity contribution >= 4 is 5.95 Å². The summed E-state index contributed by atoms with van der Waals surface area (Å²) >= 11 is 0. The lowest BCUT2D eigenvalue weighted by Gasteiger charge is -2.09. The van der Waals surface area contributed by atoms with E-state index in [1.807, 2.05) is 6.92 Å². The van der Waals surface area contributed by atoms with Gasteiger partial charge in [0.15, 0.2) is 11.5 Å². The van der Waals surface area contributed by atoms with E-state index in [4.69, 9.17) is 0 Å². The number of anilines is 1. The predicted octanol–water partition coefficient (Wildman–Crippen LogP) is 3.02. The van der Waals surface area contributed by atoms with Crippen LogP contribution in [0.15, 0.2) is 30.6 Å². The fraction of sp³-hybridized carbons (Fsp3) is 0.308. The molecule has 0 amide bonds. The Kier molecular flexibility index (Phi) is 2.96. The zero-order valence-electron chi connectivity index (χ0n) is 10.8. The van der Waals surface area contributed by atoms with E-state index < -0.39 is 6.29 Å². The number of fused-ring (bicyclic) bond motifs is 1. The fourth-order valence-electron chi connectivity index (χ4n) is 1.97. The average molecular weight is 281 g/mol. The number of hydrogen-bond acceptors (Lipinski definition) is 4. The normalized spacial score (nSPS) is 15.3. The van der Waals surface area contributed by atoms with Crippen LogP contribution in [0.1, 0.15) is 13.3 Å². The lowest BCUT2D eigenvalue weighted by Crippen LogP contribution is -2.25. The highest BCUT2D eigenvalue weighted by Gasteiger charge is 2.43.